The molecule has 1 N–H and O–H groups in total. The first-order valence-corrected chi connectivity index (χ1v) is 4.11. The fraction of sp³-hybridized carbons (Fsp3) is 0. The van der Waals surface area contributed by atoms with E-state index in [-0.39, 0.29) is 5.69 Å². The number of halogens is 1. The van der Waals surface area contributed by atoms with Crippen LogP contribution in [0.1, 0.15) is 10.5 Å². The van der Waals surface area contributed by atoms with E-state index >= 15 is 0 Å². The lowest BCUT2D eigenvalue weighted by atomic mass is 10.4. The molecule has 0 amide bonds. The molecule has 2 heterocycles. The third-order valence-electron chi connectivity index (χ3n) is 1.46. The van der Waals surface area contributed by atoms with Crippen LogP contribution >= 0.6 is 15.9 Å². The van der Waals surface area contributed by atoms with Crippen LogP contribution in [0, 0.1) is 0 Å². The maximum atomic E-state index is 10.5. The molecule has 0 fully saturated rings. The van der Waals surface area contributed by atoms with Crippen LogP contribution in [0.15, 0.2) is 21.3 Å². The van der Waals surface area contributed by atoms with Gasteiger partial charge in [-0.2, -0.15) is 0 Å². The van der Waals surface area contributed by atoms with Crippen LogP contribution in [0.3, 0.4) is 0 Å². The number of carboxylic acid groups (broad SMARTS) is 1. The summed E-state index contributed by atoms with van der Waals surface area (Å²) in [5.74, 6) is -1.11. The number of hydrogen-bond acceptors (Lipinski definition) is 4. The summed E-state index contributed by atoms with van der Waals surface area (Å²) in [6.07, 6.45) is 2.57. The van der Waals surface area contributed by atoms with Crippen LogP contribution in [0.4, 0.5) is 0 Å². The van der Waals surface area contributed by atoms with Gasteiger partial charge in [-0.05, 0) is 15.9 Å². The molecule has 0 saturated carbocycles. The average Bonchev–Trinajstić information content (AvgIpc) is 2.47. The average molecular weight is 243 g/mol. The van der Waals surface area contributed by atoms with Crippen LogP contribution < -0.4 is 0 Å². The van der Waals surface area contributed by atoms with E-state index in [1.807, 2.05) is 0 Å². The van der Waals surface area contributed by atoms with Gasteiger partial charge in [0.05, 0.1) is 10.7 Å². The lowest BCUT2D eigenvalue weighted by Gasteiger charge is -1.91. The minimum absolute atomic E-state index is 0.102. The number of furan rings is 1. The monoisotopic (exact) mass is 242 g/mol. The van der Waals surface area contributed by atoms with Crippen molar-refractivity contribution in [2.45, 2.75) is 0 Å². The van der Waals surface area contributed by atoms with Crippen molar-refractivity contribution < 1.29 is 14.3 Å². The molecule has 0 aliphatic carbocycles. The highest BCUT2D eigenvalue weighted by atomic mass is 79.9. The predicted molar refractivity (Wildman–Crippen MR) is 46.5 cm³/mol. The molecule has 2 rings (SSSR count). The highest BCUT2D eigenvalue weighted by Gasteiger charge is 2.10. The highest BCUT2D eigenvalue weighted by molar-refractivity contribution is 9.10. The van der Waals surface area contributed by atoms with Crippen molar-refractivity contribution in [3.63, 3.8) is 0 Å². The zero-order valence-corrected chi connectivity index (χ0v) is 7.78. The van der Waals surface area contributed by atoms with E-state index < -0.39 is 5.97 Å². The molecule has 0 aromatic carbocycles. The summed E-state index contributed by atoms with van der Waals surface area (Å²) in [5, 5.41) is 8.62. The second kappa shape index (κ2) is 2.81. The molecule has 6 heteroatoms. The van der Waals surface area contributed by atoms with Gasteiger partial charge in [-0.1, -0.05) is 0 Å². The maximum absolute atomic E-state index is 10.5. The molecule has 0 radical (unpaired) electrons. The fourth-order valence-electron chi connectivity index (χ4n) is 0.886. The smallest absolute Gasteiger partial charge is 0.356 e. The first-order valence-electron chi connectivity index (χ1n) is 3.31. The SMILES string of the molecule is O=C(O)c1cnc2occ(Br)c2n1. The summed E-state index contributed by atoms with van der Waals surface area (Å²) in [6.45, 7) is 0. The Labute approximate surface area is 80.5 Å². The van der Waals surface area contributed by atoms with Crippen LogP contribution in [-0.4, -0.2) is 21.0 Å². The number of aromatic nitrogens is 2. The topological polar surface area (TPSA) is 76.2 Å². The van der Waals surface area contributed by atoms with Gasteiger partial charge in [0.15, 0.2) is 5.69 Å². The van der Waals surface area contributed by atoms with Gasteiger partial charge >= 0.3 is 5.97 Å². The van der Waals surface area contributed by atoms with Crippen molar-refractivity contribution in [2.75, 3.05) is 0 Å². The molecule has 0 bridgehead atoms. The van der Waals surface area contributed by atoms with Crippen LogP contribution in [0.25, 0.3) is 11.2 Å². The quantitative estimate of drug-likeness (QED) is 0.824. The van der Waals surface area contributed by atoms with Gasteiger partial charge in [-0.3, -0.25) is 0 Å². The van der Waals surface area contributed by atoms with Crippen molar-refractivity contribution in [1.82, 2.24) is 9.97 Å². The zero-order valence-electron chi connectivity index (χ0n) is 6.19. The van der Waals surface area contributed by atoms with Gasteiger partial charge in [0.1, 0.15) is 11.8 Å². The minimum atomic E-state index is -1.11. The van der Waals surface area contributed by atoms with Crippen LogP contribution in [0.2, 0.25) is 0 Å². The Morgan fingerprint density at radius 2 is 2.38 bits per heavy atom. The maximum Gasteiger partial charge on any atom is 0.356 e. The first kappa shape index (κ1) is 8.18. The van der Waals surface area contributed by atoms with Crippen LogP contribution in [0.5, 0.6) is 0 Å². The highest BCUT2D eigenvalue weighted by Crippen LogP contribution is 2.22. The number of carboxylic acids is 1. The molecule has 2 aromatic rings. The van der Waals surface area contributed by atoms with Gasteiger partial charge < -0.3 is 9.52 Å². The van der Waals surface area contributed by atoms with E-state index in [0.717, 1.165) is 6.20 Å². The van der Waals surface area contributed by atoms with Crippen molar-refractivity contribution >= 4 is 33.1 Å². The minimum Gasteiger partial charge on any atom is -0.476 e. The van der Waals surface area contributed by atoms with Gasteiger partial charge in [0, 0.05) is 0 Å². The van der Waals surface area contributed by atoms with Crippen LogP contribution in [-0.2, 0) is 0 Å². The van der Waals surface area contributed by atoms with Crippen molar-refractivity contribution in [2.24, 2.45) is 0 Å². The number of nitrogens with zero attached hydrogens (tertiary/aromatic N) is 2. The lowest BCUT2D eigenvalue weighted by molar-refractivity contribution is 0.0690. The van der Waals surface area contributed by atoms with E-state index in [4.69, 9.17) is 9.52 Å². The number of carbonyl (C=O) groups is 1. The predicted octanol–water partition coefficient (Wildman–Crippen LogP) is 1.68. The van der Waals surface area contributed by atoms with Gasteiger partial charge in [0.2, 0.25) is 5.71 Å². The third-order valence-corrected chi connectivity index (χ3v) is 2.02. The number of fused-ring (bicyclic) bond motifs is 1. The summed E-state index contributed by atoms with van der Waals surface area (Å²) in [4.78, 5) is 18.1. The van der Waals surface area contributed by atoms with Gasteiger partial charge in [-0.15, -0.1) is 0 Å². The van der Waals surface area contributed by atoms with Gasteiger partial charge in [-0.25, -0.2) is 14.8 Å². The Kier molecular flexibility index (Phi) is 1.77. The lowest BCUT2D eigenvalue weighted by Crippen LogP contribution is -2.00. The summed E-state index contributed by atoms with van der Waals surface area (Å²) in [7, 11) is 0. The largest absolute Gasteiger partial charge is 0.476 e. The Morgan fingerprint density at radius 1 is 1.62 bits per heavy atom. The third kappa shape index (κ3) is 1.29. The fourth-order valence-corrected chi connectivity index (χ4v) is 1.24. The molecular weight excluding hydrogens is 240 g/mol. The van der Waals surface area contributed by atoms with Gasteiger partial charge in [0.25, 0.3) is 0 Å². The summed E-state index contributed by atoms with van der Waals surface area (Å²) in [6, 6.07) is 0. The molecule has 2 aromatic heterocycles. The molecule has 0 aliphatic rings. The number of aromatic carboxylic acids is 1. The summed E-state index contributed by atoms with van der Waals surface area (Å²) in [5.41, 5.74) is 0.631. The number of hydrogen-bond donors (Lipinski definition) is 1. The Bertz CT molecular complexity index is 480. The van der Waals surface area contributed by atoms with Crippen molar-refractivity contribution in [3.05, 3.63) is 22.6 Å². The molecule has 13 heavy (non-hydrogen) atoms. The molecule has 66 valence electrons. The van der Waals surface area contributed by atoms with Crippen molar-refractivity contribution in [3.8, 4) is 0 Å². The van der Waals surface area contributed by atoms with Crippen molar-refractivity contribution in [1.29, 1.82) is 0 Å². The first-order chi connectivity index (χ1) is 6.18. The molecule has 0 unspecified atom stereocenters. The second-order valence-corrected chi connectivity index (χ2v) is 3.15. The summed E-state index contributed by atoms with van der Waals surface area (Å²) < 4.78 is 5.57. The molecule has 0 atom stereocenters. The standard InChI is InChI=1S/C7H3BrN2O3/c8-3-2-13-6-5(3)10-4(1-9-6)7(11)12/h1-2H,(H,11,12). The van der Waals surface area contributed by atoms with E-state index in [0.29, 0.717) is 15.7 Å². The van der Waals surface area contributed by atoms with E-state index in [1.54, 1.807) is 0 Å². The molecule has 0 aliphatic heterocycles. The molecular formula is C7H3BrN2O3. The number of rotatable bonds is 1. The zero-order chi connectivity index (χ0) is 9.42. The molecule has 0 saturated heterocycles. The molecule has 5 nitrogen and oxygen atoms in total. The van der Waals surface area contributed by atoms with E-state index in [1.165, 1.54) is 6.26 Å². The Balaban J connectivity index is 2.72. The Morgan fingerprint density at radius 3 is 3.08 bits per heavy atom. The van der Waals surface area contributed by atoms with E-state index in [2.05, 4.69) is 25.9 Å². The Hall–Kier alpha value is -1.43. The normalized spacial score (nSPS) is 10.5. The summed E-state index contributed by atoms with van der Waals surface area (Å²) >= 11 is 3.16. The second-order valence-electron chi connectivity index (χ2n) is 2.30. The van der Waals surface area contributed by atoms with E-state index in [9.17, 15) is 4.79 Å². The molecule has 0 spiro atoms.